The Morgan fingerprint density at radius 3 is 1.85 bits per heavy atom. The maximum atomic E-state index is 12.3. The van der Waals surface area contributed by atoms with Gasteiger partial charge in [0, 0.05) is 27.7 Å². The third-order valence-corrected chi connectivity index (χ3v) is 8.19. The van der Waals surface area contributed by atoms with Gasteiger partial charge in [0.05, 0.1) is 12.1 Å². The Hall–Kier alpha value is -4.07. The first-order valence-electron chi connectivity index (χ1n) is 15.7. The van der Waals surface area contributed by atoms with Crippen molar-refractivity contribution in [1.82, 2.24) is 15.5 Å². The fourth-order valence-electron chi connectivity index (χ4n) is 6.12. The van der Waals surface area contributed by atoms with Crippen molar-refractivity contribution in [1.29, 1.82) is 0 Å². The second kappa shape index (κ2) is 17.2. The molecule has 2 heterocycles. The number of likely N-dealkylation sites (tertiary alicyclic amines) is 1. The van der Waals surface area contributed by atoms with Crippen molar-refractivity contribution in [2.75, 3.05) is 19.7 Å². The second-order valence-electron chi connectivity index (χ2n) is 11.6. The number of esters is 4. The van der Waals surface area contributed by atoms with Crippen molar-refractivity contribution in [3.05, 3.63) is 71.8 Å². The number of hydrogen-bond acceptors (Lipinski definition) is 11. The van der Waals surface area contributed by atoms with Gasteiger partial charge in [0.15, 0.2) is 29.7 Å². The summed E-state index contributed by atoms with van der Waals surface area (Å²) in [6.07, 6.45) is -2.84. The SMILES string of the molecule is CC(=O)OCC1OC(NC(=S)N[C@@H](c2ccccc2)[C@H](c2ccccc2)N2CCCCC2)C(OC(C)=O)C(OC(C)=O)C1OC(C)=O. The van der Waals surface area contributed by atoms with Gasteiger partial charge in [0.1, 0.15) is 12.7 Å². The molecule has 47 heavy (non-hydrogen) atoms. The quantitative estimate of drug-likeness (QED) is 0.205. The van der Waals surface area contributed by atoms with Crippen LogP contribution in [-0.4, -0.2) is 84.2 Å². The summed E-state index contributed by atoms with van der Waals surface area (Å²) in [5, 5.41) is 6.77. The number of hydrogen-bond donors (Lipinski definition) is 2. The summed E-state index contributed by atoms with van der Waals surface area (Å²) in [6.45, 7) is 6.27. The number of thiocarbonyl (C=S) groups is 1. The molecule has 2 aromatic carbocycles. The van der Waals surface area contributed by atoms with Gasteiger partial charge in [0.25, 0.3) is 0 Å². The minimum Gasteiger partial charge on any atom is -0.463 e. The van der Waals surface area contributed by atoms with E-state index in [4.69, 9.17) is 35.9 Å². The van der Waals surface area contributed by atoms with Gasteiger partial charge in [-0.05, 0) is 49.3 Å². The summed E-state index contributed by atoms with van der Waals surface area (Å²) >= 11 is 5.88. The summed E-state index contributed by atoms with van der Waals surface area (Å²) in [5.41, 5.74) is 2.11. The second-order valence-corrected chi connectivity index (χ2v) is 12.0. The molecule has 12 nitrogen and oxygen atoms in total. The van der Waals surface area contributed by atoms with Gasteiger partial charge in [-0.1, -0.05) is 67.1 Å². The number of carbonyl (C=O) groups excluding carboxylic acids is 4. The number of nitrogens with zero attached hydrogens (tertiary/aromatic N) is 1. The number of nitrogens with one attached hydrogen (secondary N) is 2. The molecule has 4 rings (SSSR count). The lowest BCUT2D eigenvalue weighted by atomic mass is 9.90. The van der Waals surface area contributed by atoms with E-state index in [1.54, 1.807) is 0 Å². The van der Waals surface area contributed by atoms with Gasteiger partial charge >= 0.3 is 23.9 Å². The van der Waals surface area contributed by atoms with E-state index in [2.05, 4.69) is 27.7 Å². The fourth-order valence-corrected chi connectivity index (χ4v) is 6.37. The van der Waals surface area contributed by atoms with E-state index in [1.165, 1.54) is 34.1 Å². The van der Waals surface area contributed by atoms with Crippen molar-refractivity contribution in [2.45, 2.75) is 89.7 Å². The van der Waals surface area contributed by atoms with E-state index in [9.17, 15) is 19.2 Å². The number of carbonyl (C=O) groups is 4. The molecule has 2 N–H and O–H groups in total. The number of ether oxygens (including phenoxy) is 5. The van der Waals surface area contributed by atoms with Crippen LogP contribution < -0.4 is 10.6 Å². The molecule has 0 saturated carbocycles. The molecule has 2 aliphatic heterocycles. The number of piperidine rings is 1. The molecule has 2 fully saturated rings. The van der Waals surface area contributed by atoms with Crippen LogP contribution >= 0.6 is 12.2 Å². The third kappa shape index (κ3) is 10.2. The Kier molecular flexibility index (Phi) is 13.1. The monoisotopic (exact) mass is 669 g/mol. The Balaban J connectivity index is 1.69. The largest absolute Gasteiger partial charge is 0.463 e. The van der Waals surface area contributed by atoms with Crippen LogP contribution in [0.3, 0.4) is 0 Å². The van der Waals surface area contributed by atoms with E-state index >= 15 is 0 Å². The Bertz CT molecular complexity index is 1370. The Morgan fingerprint density at radius 2 is 1.30 bits per heavy atom. The molecule has 7 atom stereocenters. The average Bonchev–Trinajstić information content (AvgIpc) is 3.03. The first-order valence-corrected chi connectivity index (χ1v) is 16.2. The van der Waals surface area contributed by atoms with E-state index in [-0.39, 0.29) is 23.8 Å². The summed E-state index contributed by atoms with van der Waals surface area (Å²) < 4.78 is 28.1. The minimum absolute atomic E-state index is 0.0888. The molecule has 2 aliphatic rings. The molecule has 0 aromatic heterocycles. The lowest BCUT2D eigenvalue weighted by Gasteiger charge is -2.45. The van der Waals surface area contributed by atoms with Crippen molar-refractivity contribution in [3.63, 3.8) is 0 Å². The molecular weight excluding hydrogens is 626 g/mol. The highest BCUT2D eigenvalue weighted by Crippen LogP contribution is 2.36. The van der Waals surface area contributed by atoms with E-state index < -0.39 is 54.5 Å². The van der Waals surface area contributed by atoms with Crippen LogP contribution in [0, 0.1) is 0 Å². The van der Waals surface area contributed by atoms with E-state index in [0.29, 0.717) is 0 Å². The van der Waals surface area contributed by atoms with Gasteiger partial charge in [-0.3, -0.25) is 24.1 Å². The third-order valence-electron chi connectivity index (χ3n) is 7.95. The zero-order chi connectivity index (χ0) is 33.9. The van der Waals surface area contributed by atoms with Gasteiger partial charge in [-0.15, -0.1) is 0 Å². The zero-order valence-electron chi connectivity index (χ0n) is 27.1. The molecule has 254 valence electrons. The average molecular weight is 670 g/mol. The van der Waals surface area contributed by atoms with Crippen LogP contribution in [0.15, 0.2) is 60.7 Å². The summed E-state index contributed by atoms with van der Waals surface area (Å²) in [4.78, 5) is 50.8. The topological polar surface area (TPSA) is 142 Å². The highest BCUT2D eigenvalue weighted by molar-refractivity contribution is 7.80. The van der Waals surface area contributed by atoms with Crippen LogP contribution in [0.5, 0.6) is 0 Å². The smallest absolute Gasteiger partial charge is 0.303 e. The minimum atomic E-state index is -1.31. The van der Waals surface area contributed by atoms with Crippen LogP contribution in [0.2, 0.25) is 0 Å². The van der Waals surface area contributed by atoms with Crippen LogP contribution in [0.4, 0.5) is 0 Å². The molecule has 0 radical (unpaired) electrons. The lowest BCUT2D eigenvalue weighted by molar-refractivity contribution is -0.255. The maximum absolute atomic E-state index is 12.3. The van der Waals surface area contributed by atoms with Gasteiger partial charge < -0.3 is 34.3 Å². The predicted molar refractivity (Wildman–Crippen MR) is 175 cm³/mol. The molecule has 0 amide bonds. The lowest BCUT2D eigenvalue weighted by Crippen LogP contribution is -2.67. The molecule has 0 spiro atoms. The van der Waals surface area contributed by atoms with Gasteiger partial charge in [-0.25, -0.2) is 0 Å². The normalized spacial score (nSPS) is 24.1. The molecule has 5 unspecified atom stereocenters. The molecule has 2 saturated heterocycles. The predicted octanol–water partition coefficient (Wildman–Crippen LogP) is 3.50. The molecule has 0 bridgehead atoms. The van der Waals surface area contributed by atoms with Crippen LogP contribution in [0.1, 0.15) is 70.2 Å². The molecule has 2 aromatic rings. The molecular formula is C34H43N3O9S. The maximum Gasteiger partial charge on any atom is 0.303 e. The first kappa shape index (κ1) is 35.8. The van der Waals surface area contributed by atoms with Crippen molar-refractivity contribution in [2.24, 2.45) is 0 Å². The summed E-state index contributed by atoms with van der Waals surface area (Å²) in [7, 11) is 0. The van der Waals surface area contributed by atoms with Crippen molar-refractivity contribution < 1.29 is 42.9 Å². The van der Waals surface area contributed by atoms with Crippen molar-refractivity contribution >= 4 is 41.2 Å². The fraction of sp³-hybridized carbons (Fsp3) is 0.500. The van der Waals surface area contributed by atoms with Gasteiger partial charge in [0.2, 0.25) is 0 Å². The van der Waals surface area contributed by atoms with Crippen LogP contribution in [-0.2, 0) is 42.9 Å². The molecule has 13 heteroatoms. The Morgan fingerprint density at radius 1 is 0.766 bits per heavy atom. The van der Waals surface area contributed by atoms with Gasteiger partial charge in [-0.2, -0.15) is 0 Å². The van der Waals surface area contributed by atoms with Crippen molar-refractivity contribution in [3.8, 4) is 0 Å². The molecule has 0 aliphatic carbocycles. The highest BCUT2D eigenvalue weighted by atomic mass is 32.1. The highest BCUT2D eigenvalue weighted by Gasteiger charge is 2.52. The summed E-state index contributed by atoms with van der Waals surface area (Å²) in [6, 6.07) is 19.8. The van der Waals surface area contributed by atoms with E-state index in [0.717, 1.165) is 37.1 Å². The number of benzene rings is 2. The Labute approximate surface area is 280 Å². The zero-order valence-corrected chi connectivity index (χ0v) is 27.9. The van der Waals surface area contributed by atoms with Crippen LogP contribution in [0.25, 0.3) is 0 Å². The summed E-state index contributed by atoms with van der Waals surface area (Å²) in [5.74, 6) is -2.71. The number of rotatable bonds is 11. The van der Waals surface area contributed by atoms with E-state index in [1.807, 2.05) is 48.5 Å². The standard InChI is InChI=1S/C34H43N3O9S/c1-21(38)42-20-27-30(43-22(2)39)31(44-23(3)40)32(45-24(4)41)33(46-27)36-34(47)35-28(25-14-8-5-9-15-25)29(26-16-10-6-11-17-26)37-18-12-7-13-19-37/h5-6,8-11,14-17,27-33H,7,12-13,18-20H2,1-4H3,(H2,35,36,47)/t27?,28-,29-,30?,31?,32?,33?/m0/s1. The first-order chi connectivity index (χ1) is 22.5.